The lowest BCUT2D eigenvalue weighted by Gasteiger charge is -2.26. The smallest absolute Gasteiger partial charge is 0.287 e. The standard InChI is InChI=1S/C10H13ClF3N3/c1-7(2)17(6-10(12,13)14)5-8-3-4-9(11)16-15-8/h3-4,7H,5-6H2,1-2H3. The number of hydrogen-bond acceptors (Lipinski definition) is 3. The molecule has 1 aromatic heterocycles. The van der Waals surface area contributed by atoms with Crippen LogP contribution in [0.2, 0.25) is 5.15 Å². The monoisotopic (exact) mass is 267 g/mol. The van der Waals surface area contributed by atoms with E-state index in [0.29, 0.717) is 5.69 Å². The largest absolute Gasteiger partial charge is 0.401 e. The molecule has 0 aromatic carbocycles. The highest BCUT2D eigenvalue weighted by Crippen LogP contribution is 2.19. The van der Waals surface area contributed by atoms with E-state index in [1.54, 1.807) is 19.9 Å². The van der Waals surface area contributed by atoms with Crippen LogP contribution in [-0.2, 0) is 6.54 Å². The van der Waals surface area contributed by atoms with Gasteiger partial charge in [-0.25, -0.2) is 0 Å². The number of rotatable bonds is 4. The molecule has 0 fully saturated rings. The quantitative estimate of drug-likeness (QED) is 0.840. The first-order chi connectivity index (χ1) is 7.78. The van der Waals surface area contributed by atoms with Gasteiger partial charge in [-0.1, -0.05) is 11.6 Å². The summed E-state index contributed by atoms with van der Waals surface area (Å²) in [5.41, 5.74) is 0.465. The van der Waals surface area contributed by atoms with Crippen LogP contribution in [-0.4, -0.2) is 33.9 Å². The highest BCUT2D eigenvalue weighted by molar-refractivity contribution is 6.29. The van der Waals surface area contributed by atoms with Gasteiger partial charge in [0.25, 0.3) is 0 Å². The molecular formula is C10H13ClF3N3. The van der Waals surface area contributed by atoms with Crippen molar-refractivity contribution in [3.05, 3.63) is 23.0 Å². The van der Waals surface area contributed by atoms with E-state index >= 15 is 0 Å². The first-order valence-corrected chi connectivity index (χ1v) is 5.44. The normalized spacial score (nSPS) is 12.5. The summed E-state index contributed by atoms with van der Waals surface area (Å²) in [4.78, 5) is 1.28. The van der Waals surface area contributed by atoms with Gasteiger partial charge in [-0.15, -0.1) is 5.10 Å². The first kappa shape index (κ1) is 14.2. The Morgan fingerprint density at radius 2 is 1.94 bits per heavy atom. The van der Waals surface area contributed by atoms with Gasteiger partial charge in [0.2, 0.25) is 0 Å². The molecule has 1 rings (SSSR count). The van der Waals surface area contributed by atoms with Crippen LogP contribution in [0.1, 0.15) is 19.5 Å². The fourth-order valence-electron chi connectivity index (χ4n) is 1.29. The van der Waals surface area contributed by atoms with E-state index in [1.807, 2.05) is 0 Å². The lowest BCUT2D eigenvalue weighted by atomic mass is 10.2. The van der Waals surface area contributed by atoms with E-state index in [-0.39, 0.29) is 17.7 Å². The molecule has 96 valence electrons. The Balaban J connectivity index is 2.70. The third-order valence-corrected chi connectivity index (χ3v) is 2.37. The fraction of sp³-hybridized carbons (Fsp3) is 0.600. The molecule has 1 heterocycles. The van der Waals surface area contributed by atoms with Gasteiger partial charge in [0.05, 0.1) is 12.2 Å². The van der Waals surface area contributed by atoms with Crippen molar-refractivity contribution in [1.29, 1.82) is 0 Å². The molecule has 0 saturated heterocycles. The maximum atomic E-state index is 12.3. The molecule has 17 heavy (non-hydrogen) atoms. The fourth-order valence-corrected chi connectivity index (χ4v) is 1.39. The van der Waals surface area contributed by atoms with Crippen LogP contribution in [0.5, 0.6) is 0 Å². The topological polar surface area (TPSA) is 29.0 Å². The molecule has 0 amide bonds. The van der Waals surface area contributed by atoms with Crippen LogP contribution in [0.3, 0.4) is 0 Å². The van der Waals surface area contributed by atoms with Crippen LogP contribution >= 0.6 is 11.6 Å². The molecule has 0 bridgehead atoms. The summed E-state index contributed by atoms with van der Waals surface area (Å²) in [6.45, 7) is 2.54. The molecule has 1 aromatic rings. The molecule has 0 unspecified atom stereocenters. The van der Waals surface area contributed by atoms with Crippen LogP contribution in [0.25, 0.3) is 0 Å². The predicted octanol–water partition coefficient (Wildman–Crippen LogP) is 2.90. The highest BCUT2D eigenvalue weighted by Gasteiger charge is 2.31. The predicted molar refractivity (Wildman–Crippen MR) is 58.6 cm³/mol. The van der Waals surface area contributed by atoms with Gasteiger partial charge in [-0.05, 0) is 26.0 Å². The van der Waals surface area contributed by atoms with Crippen LogP contribution in [0, 0.1) is 0 Å². The van der Waals surface area contributed by atoms with Crippen molar-refractivity contribution in [2.45, 2.75) is 32.6 Å². The van der Waals surface area contributed by atoms with Crippen molar-refractivity contribution in [3.63, 3.8) is 0 Å². The number of hydrogen-bond donors (Lipinski definition) is 0. The third kappa shape index (κ3) is 5.32. The van der Waals surface area contributed by atoms with E-state index in [9.17, 15) is 13.2 Å². The van der Waals surface area contributed by atoms with Gasteiger partial charge < -0.3 is 0 Å². The molecule has 0 aliphatic carbocycles. The zero-order chi connectivity index (χ0) is 13.1. The van der Waals surface area contributed by atoms with Gasteiger partial charge in [0.15, 0.2) is 5.15 Å². The molecule has 0 N–H and O–H groups in total. The Kier molecular flexibility index (Phi) is 4.70. The van der Waals surface area contributed by atoms with Crippen LogP contribution in [0.4, 0.5) is 13.2 Å². The first-order valence-electron chi connectivity index (χ1n) is 5.07. The minimum absolute atomic E-state index is 0.0986. The Morgan fingerprint density at radius 3 is 2.35 bits per heavy atom. The van der Waals surface area contributed by atoms with Crippen molar-refractivity contribution >= 4 is 11.6 Å². The molecule has 0 aliphatic heterocycles. The van der Waals surface area contributed by atoms with Gasteiger partial charge in [0.1, 0.15) is 0 Å². The van der Waals surface area contributed by atoms with Crippen molar-refractivity contribution in [2.75, 3.05) is 6.54 Å². The summed E-state index contributed by atoms with van der Waals surface area (Å²) < 4.78 is 37.0. The summed E-state index contributed by atoms with van der Waals surface area (Å²) >= 11 is 5.55. The zero-order valence-corrected chi connectivity index (χ0v) is 10.3. The zero-order valence-electron chi connectivity index (χ0n) is 9.50. The average molecular weight is 268 g/mol. The maximum Gasteiger partial charge on any atom is 0.401 e. The summed E-state index contributed by atoms with van der Waals surface area (Å²) in [5, 5.41) is 7.56. The summed E-state index contributed by atoms with van der Waals surface area (Å²) in [6, 6.07) is 2.85. The number of nitrogens with zero attached hydrogens (tertiary/aromatic N) is 3. The second-order valence-electron chi connectivity index (χ2n) is 3.96. The highest BCUT2D eigenvalue weighted by atomic mass is 35.5. The van der Waals surface area contributed by atoms with E-state index in [4.69, 9.17) is 11.6 Å². The molecule has 0 spiro atoms. The van der Waals surface area contributed by atoms with E-state index in [1.165, 1.54) is 11.0 Å². The third-order valence-electron chi connectivity index (χ3n) is 2.16. The summed E-state index contributed by atoms with van der Waals surface area (Å²) in [5.74, 6) is 0. The average Bonchev–Trinajstić information content (AvgIpc) is 2.18. The molecule has 0 aliphatic rings. The van der Waals surface area contributed by atoms with Gasteiger partial charge >= 0.3 is 6.18 Å². The van der Waals surface area contributed by atoms with E-state index in [0.717, 1.165) is 0 Å². The van der Waals surface area contributed by atoms with E-state index in [2.05, 4.69) is 10.2 Å². The van der Waals surface area contributed by atoms with Gasteiger partial charge in [-0.2, -0.15) is 18.3 Å². The SMILES string of the molecule is CC(C)N(Cc1ccc(Cl)nn1)CC(F)(F)F. The van der Waals surface area contributed by atoms with Gasteiger partial charge in [0, 0.05) is 12.6 Å². The number of alkyl halides is 3. The van der Waals surface area contributed by atoms with Crippen LogP contribution < -0.4 is 0 Å². The molecular weight excluding hydrogens is 255 g/mol. The minimum Gasteiger partial charge on any atom is -0.287 e. The van der Waals surface area contributed by atoms with Crippen molar-refractivity contribution < 1.29 is 13.2 Å². The Bertz CT molecular complexity index is 351. The lowest BCUT2D eigenvalue weighted by Crippen LogP contribution is -2.38. The molecule has 7 heteroatoms. The Labute approximate surface area is 103 Å². The van der Waals surface area contributed by atoms with E-state index < -0.39 is 12.7 Å². The molecule has 0 saturated carbocycles. The lowest BCUT2D eigenvalue weighted by molar-refractivity contribution is -0.151. The van der Waals surface area contributed by atoms with Crippen LogP contribution in [0.15, 0.2) is 12.1 Å². The molecule has 0 radical (unpaired) electrons. The molecule has 0 atom stereocenters. The van der Waals surface area contributed by atoms with Crippen molar-refractivity contribution in [1.82, 2.24) is 15.1 Å². The second-order valence-corrected chi connectivity index (χ2v) is 4.35. The van der Waals surface area contributed by atoms with Crippen molar-refractivity contribution in [2.24, 2.45) is 0 Å². The van der Waals surface area contributed by atoms with Gasteiger partial charge in [-0.3, -0.25) is 4.90 Å². The van der Waals surface area contributed by atoms with Crippen molar-refractivity contribution in [3.8, 4) is 0 Å². The molecule has 3 nitrogen and oxygen atoms in total. The minimum atomic E-state index is -4.22. The summed E-state index contributed by atoms with van der Waals surface area (Å²) in [6.07, 6.45) is -4.22. The number of aromatic nitrogens is 2. The number of halogens is 4. The Hall–Kier alpha value is -0.880. The summed E-state index contributed by atoms with van der Waals surface area (Å²) in [7, 11) is 0. The maximum absolute atomic E-state index is 12.3. The second kappa shape index (κ2) is 5.64. The Morgan fingerprint density at radius 1 is 1.29 bits per heavy atom.